The van der Waals surface area contributed by atoms with Gasteiger partial charge in [-0.25, -0.2) is 0 Å². The summed E-state index contributed by atoms with van der Waals surface area (Å²) in [5, 5.41) is 7.76. The molecule has 0 saturated heterocycles. The number of benzene rings is 1. The van der Waals surface area contributed by atoms with Crippen LogP contribution >= 0.6 is 27.5 Å². The van der Waals surface area contributed by atoms with Crippen molar-refractivity contribution in [1.82, 2.24) is 10.1 Å². The van der Waals surface area contributed by atoms with Crippen molar-refractivity contribution >= 4 is 33.2 Å². The lowest BCUT2D eigenvalue weighted by Crippen LogP contribution is -2.01. The number of hydrogen-bond donors (Lipinski definition) is 1. The van der Waals surface area contributed by atoms with Gasteiger partial charge in [-0.2, -0.15) is 4.98 Å². The van der Waals surface area contributed by atoms with E-state index in [9.17, 15) is 0 Å². The average molecular weight is 345 g/mol. The SMILES string of the molecule is CC(C)Cc1noc(CNc2ccc(Br)cc2Cl)n1. The lowest BCUT2D eigenvalue weighted by molar-refractivity contribution is 0.375. The van der Waals surface area contributed by atoms with E-state index in [0.717, 1.165) is 22.4 Å². The van der Waals surface area contributed by atoms with Crippen LogP contribution in [0.3, 0.4) is 0 Å². The van der Waals surface area contributed by atoms with Crippen LogP contribution in [0.25, 0.3) is 0 Å². The Morgan fingerprint density at radius 3 is 2.89 bits per heavy atom. The fraction of sp³-hybridized carbons (Fsp3) is 0.385. The molecule has 1 heterocycles. The van der Waals surface area contributed by atoms with E-state index < -0.39 is 0 Å². The van der Waals surface area contributed by atoms with Crippen molar-refractivity contribution in [2.45, 2.75) is 26.8 Å². The summed E-state index contributed by atoms with van der Waals surface area (Å²) in [5.74, 6) is 1.82. The molecule has 0 aliphatic carbocycles. The molecular weight excluding hydrogens is 330 g/mol. The Kier molecular flexibility index (Phi) is 4.82. The molecule has 0 atom stereocenters. The van der Waals surface area contributed by atoms with Crippen molar-refractivity contribution < 1.29 is 4.52 Å². The first kappa shape index (κ1) is 14.3. The van der Waals surface area contributed by atoms with E-state index in [0.29, 0.717) is 23.4 Å². The fourth-order valence-electron chi connectivity index (χ4n) is 1.61. The molecule has 2 aromatic rings. The molecule has 1 N–H and O–H groups in total. The number of aromatic nitrogens is 2. The first-order chi connectivity index (χ1) is 9.04. The molecule has 2 rings (SSSR count). The van der Waals surface area contributed by atoms with Crippen LogP contribution in [0.5, 0.6) is 0 Å². The second-order valence-corrected chi connectivity index (χ2v) is 6.00. The van der Waals surface area contributed by atoms with Gasteiger partial charge in [0.15, 0.2) is 5.82 Å². The highest BCUT2D eigenvalue weighted by Crippen LogP contribution is 2.25. The lowest BCUT2D eigenvalue weighted by atomic mass is 10.1. The predicted molar refractivity (Wildman–Crippen MR) is 79.3 cm³/mol. The van der Waals surface area contributed by atoms with Gasteiger partial charge >= 0.3 is 0 Å². The number of rotatable bonds is 5. The van der Waals surface area contributed by atoms with Gasteiger partial charge in [0.1, 0.15) is 0 Å². The Balaban J connectivity index is 1.96. The molecular formula is C13H15BrClN3O. The Bertz CT molecular complexity index is 557. The number of nitrogens with zero attached hydrogens (tertiary/aromatic N) is 2. The highest BCUT2D eigenvalue weighted by atomic mass is 79.9. The number of nitrogens with one attached hydrogen (secondary N) is 1. The third-order valence-electron chi connectivity index (χ3n) is 2.46. The molecule has 0 saturated carbocycles. The quantitative estimate of drug-likeness (QED) is 0.879. The minimum absolute atomic E-state index is 0.465. The standard InChI is InChI=1S/C13H15BrClN3O/c1-8(2)5-12-17-13(19-18-12)7-16-11-4-3-9(14)6-10(11)15/h3-4,6,8,16H,5,7H2,1-2H3. The van der Waals surface area contributed by atoms with Gasteiger partial charge in [0, 0.05) is 10.9 Å². The maximum absolute atomic E-state index is 6.11. The van der Waals surface area contributed by atoms with Crippen molar-refractivity contribution in [3.63, 3.8) is 0 Å². The van der Waals surface area contributed by atoms with E-state index in [4.69, 9.17) is 16.1 Å². The molecule has 0 aliphatic rings. The van der Waals surface area contributed by atoms with Crippen LogP contribution < -0.4 is 5.32 Å². The predicted octanol–water partition coefficient (Wildman–Crippen LogP) is 4.30. The van der Waals surface area contributed by atoms with Gasteiger partial charge in [-0.15, -0.1) is 0 Å². The van der Waals surface area contributed by atoms with Crippen molar-refractivity contribution in [3.05, 3.63) is 39.4 Å². The van der Waals surface area contributed by atoms with Crippen LogP contribution in [0.15, 0.2) is 27.2 Å². The third kappa shape index (κ3) is 4.21. The summed E-state index contributed by atoms with van der Waals surface area (Å²) in [6.45, 7) is 4.71. The zero-order chi connectivity index (χ0) is 13.8. The van der Waals surface area contributed by atoms with Gasteiger partial charge in [0.25, 0.3) is 0 Å². The largest absolute Gasteiger partial charge is 0.375 e. The Morgan fingerprint density at radius 1 is 1.42 bits per heavy atom. The van der Waals surface area contributed by atoms with Gasteiger partial charge in [-0.05, 0) is 24.1 Å². The zero-order valence-corrected chi connectivity index (χ0v) is 13.1. The highest BCUT2D eigenvalue weighted by Gasteiger charge is 2.08. The molecule has 4 nitrogen and oxygen atoms in total. The molecule has 1 aromatic carbocycles. The van der Waals surface area contributed by atoms with E-state index in [1.807, 2.05) is 18.2 Å². The number of halogens is 2. The fourth-order valence-corrected chi connectivity index (χ4v) is 2.35. The van der Waals surface area contributed by atoms with Crippen LogP contribution in [0, 0.1) is 5.92 Å². The van der Waals surface area contributed by atoms with E-state index in [-0.39, 0.29) is 0 Å². The van der Waals surface area contributed by atoms with Crippen molar-refractivity contribution in [3.8, 4) is 0 Å². The second-order valence-electron chi connectivity index (χ2n) is 4.68. The van der Waals surface area contributed by atoms with Gasteiger partial charge in [0.05, 0.1) is 17.3 Å². The minimum atomic E-state index is 0.465. The first-order valence-electron chi connectivity index (χ1n) is 6.05. The molecule has 0 bridgehead atoms. The first-order valence-corrected chi connectivity index (χ1v) is 7.22. The number of hydrogen-bond acceptors (Lipinski definition) is 4. The van der Waals surface area contributed by atoms with E-state index in [2.05, 4.69) is 45.2 Å². The van der Waals surface area contributed by atoms with E-state index >= 15 is 0 Å². The lowest BCUT2D eigenvalue weighted by Gasteiger charge is -2.05. The van der Waals surface area contributed by atoms with E-state index in [1.165, 1.54) is 0 Å². The smallest absolute Gasteiger partial charge is 0.245 e. The summed E-state index contributed by atoms with van der Waals surface area (Å²) in [4.78, 5) is 4.32. The van der Waals surface area contributed by atoms with Crippen molar-refractivity contribution in [2.75, 3.05) is 5.32 Å². The average Bonchev–Trinajstić information content (AvgIpc) is 2.74. The van der Waals surface area contributed by atoms with Crippen LogP contribution in [0.2, 0.25) is 5.02 Å². The molecule has 0 aliphatic heterocycles. The molecule has 1 aromatic heterocycles. The molecule has 0 amide bonds. The summed E-state index contributed by atoms with van der Waals surface area (Å²) < 4.78 is 6.12. The molecule has 6 heteroatoms. The molecule has 0 unspecified atom stereocenters. The molecule has 0 radical (unpaired) electrons. The summed E-state index contributed by atoms with van der Waals surface area (Å²) in [6, 6.07) is 5.66. The molecule has 0 spiro atoms. The Hall–Kier alpha value is -1.07. The Labute approximate surface area is 125 Å². The molecule has 19 heavy (non-hydrogen) atoms. The van der Waals surface area contributed by atoms with E-state index in [1.54, 1.807) is 0 Å². The molecule has 0 fully saturated rings. The van der Waals surface area contributed by atoms with Gasteiger partial charge in [-0.1, -0.05) is 46.5 Å². The van der Waals surface area contributed by atoms with Gasteiger partial charge < -0.3 is 9.84 Å². The zero-order valence-electron chi connectivity index (χ0n) is 10.8. The third-order valence-corrected chi connectivity index (χ3v) is 3.27. The monoisotopic (exact) mass is 343 g/mol. The summed E-state index contributed by atoms with van der Waals surface area (Å²) in [7, 11) is 0. The maximum atomic E-state index is 6.11. The van der Waals surface area contributed by atoms with Crippen LogP contribution in [-0.2, 0) is 13.0 Å². The normalized spacial score (nSPS) is 11.0. The van der Waals surface area contributed by atoms with Gasteiger partial charge in [0.2, 0.25) is 5.89 Å². The molecule has 102 valence electrons. The summed E-state index contributed by atoms with van der Waals surface area (Å²) in [5.41, 5.74) is 0.841. The summed E-state index contributed by atoms with van der Waals surface area (Å²) in [6.07, 6.45) is 0.822. The van der Waals surface area contributed by atoms with Gasteiger partial charge in [-0.3, -0.25) is 0 Å². The minimum Gasteiger partial charge on any atom is -0.375 e. The van der Waals surface area contributed by atoms with Crippen molar-refractivity contribution in [2.24, 2.45) is 5.92 Å². The van der Waals surface area contributed by atoms with Crippen LogP contribution in [0.4, 0.5) is 5.69 Å². The second kappa shape index (κ2) is 6.39. The van der Waals surface area contributed by atoms with Crippen molar-refractivity contribution in [1.29, 1.82) is 0 Å². The highest BCUT2D eigenvalue weighted by molar-refractivity contribution is 9.10. The maximum Gasteiger partial charge on any atom is 0.245 e. The number of anilines is 1. The summed E-state index contributed by atoms with van der Waals surface area (Å²) >= 11 is 9.48. The topological polar surface area (TPSA) is 51.0 Å². The van der Waals surface area contributed by atoms with Crippen LogP contribution in [0.1, 0.15) is 25.6 Å². The van der Waals surface area contributed by atoms with Crippen LogP contribution in [-0.4, -0.2) is 10.1 Å². The Morgan fingerprint density at radius 2 is 2.21 bits per heavy atom.